The standard InChI is InChI=1S/C13H11BrClFS/c1-7-5-10(8(2)17-7)13(14)11-6-9(15)3-4-12(11)16/h3-6,13H,1-2H3. The molecule has 0 fully saturated rings. The van der Waals surface area contributed by atoms with Crippen LogP contribution in [0.2, 0.25) is 5.02 Å². The van der Waals surface area contributed by atoms with Crippen LogP contribution in [-0.4, -0.2) is 0 Å². The molecule has 0 N–H and O–H groups in total. The summed E-state index contributed by atoms with van der Waals surface area (Å²) in [4.78, 5) is 2.28. The van der Waals surface area contributed by atoms with Crippen LogP contribution < -0.4 is 0 Å². The summed E-state index contributed by atoms with van der Waals surface area (Å²) < 4.78 is 13.8. The molecule has 2 rings (SSSR count). The molecule has 0 saturated heterocycles. The van der Waals surface area contributed by atoms with Gasteiger partial charge in [0, 0.05) is 20.3 Å². The summed E-state index contributed by atoms with van der Waals surface area (Å²) in [5.41, 5.74) is 1.69. The Morgan fingerprint density at radius 2 is 1.94 bits per heavy atom. The first-order valence-electron chi connectivity index (χ1n) is 5.15. The van der Waals surface area contributed by atoms with Gasteiger partial charge in [-0.1, -0.05) is 27.5 Å². The van der Waals surface area contributed by atoms with Gasteiger partial charge in [-0.15, -0.1) is 11.3 Å². The van der Waals surface area contributed by atoms with Crippen molar-refractivity contribution in [3.05, 3.63) is 56.0 Å². The number of halogens is 3. The maximum absolute atomic E-state index is 13.8. The van der Waals surface area contributed by atoms with E-state index in [0.29, 0.717) is 10.6 Å². The van der Waals surface area contributed by atoms with Gasteiger partial charge >= 0.3 is 0 Å². The van der Waals surface area contributed by atoms with Crippen LogP contribution in [0.5, 0.6) is 0 Å². The highest BCUT2D eigenvalue weighted by Crippen LogP contribution is 2.38. The van der Waals surface area contributed by atoms with E-state index in [4.69, 9.17) is 11.6 Å². The van der Waals surface area contributed by atoms with Crippen LogP contribution in [0.15, 0.2) is 24.3 Å². The third kappa shape index (κ3) is 2.72. The van der Waals surface area contributed by atoms with Crippen molar-refractivity contribution in [1.82, 2.24) is 0 Å². The second kappa shape index (κ2) is 5.09. The predicted molar refractivity (Wildman–Crippen MR) is 76.0 cm³/mol. The van der Waals surface area contributed by atoms with E-state index in [9.17, 15) is 4.39 Å². The van der Waals surface area contributed by atoms with Crippen LogP contribution in [0.1, 0.15) is 25.7 Å². The Hall–Kier alpha value is -0.380. The van der Waals surface area contributed by atoms with Gasteiger partial charge in [0.05, 0.1) is 4.83 Å². The molecule has 1 aromatic carbocycles. The van der Waals surface area contributed by atoms with E-state index in [2.05, 4.69) is 28.9 Å². The minimum atomic E-state index is -0.237. The molecule has 0 nitrogen and oxygen atoms in total. The van der Waals surface area contributed by atoms with Gasteiger partial charge in [0.2, 0.25) is 0 Å². The quantitative estimate of drug-likeness (QED) is 0.624. The summed E-state index contributed by atoms with van der Waals surface area (Å²) in [5, 5.41) is 0.551. The fourth-order valence-electron chi connectivity index (χ4n) is 1.78. The molecular formula is C13H11BrClFS. The fraction of sp³-hybridized carbons (Fsp3) is 0.231. The van der Waals surface area contributed by atoms with Crippen molar-refractivity contribution in [2.45, 2.75) is 18.7 Å². The number of hydrogen-bond donors (Lipinski definition) is 0. The zero-order chi connectivity index (χ0) is 12.6. The zero-order valence-corrected chi connectivity index (χ0v) is 12.6. The van der Waals surface area contributed by atoms with Crippen LogP contribution in [0.25, 0.3) is 0 Å². The van der Waals surface area contributed by atoms with Crippen molar-refractivity contribution in [2.75, 3.05) is 0 Å². The lowest BCUT2D eigenvalue weighted by molar-refractivity contribution is 0.613. The summed E-state index contributed by atoms with van der Waals surface area (Å²) in [5.74, 6) is -0.237. The Bertz CT molecular complexity index is 550. The Morgan fingerprint density at radius 3 is 2.53 bits per heavy atom. The Labute approximate surface area is 118 Å². The molecule has 17 heavy (non-hydrogen) atoms. The van der Waals surface area contributed by atoms with Crippen molar-refractivity contribution in [3.8, 4) is 0 Å². The first kappa shape index (κ1) is 13.1. The van der Waals surface area contributed by atoms with E-state index in [1.807, 2.05) is 6.92 Å². The van der Waals surface area contributed by atoms with Crippen molar-refractivity contribution >= 4 is 38.9 Å². The minimum Gasteiger partial charge on any atom is -0.207 e. The van der Waals surface area contributed by atoms with Crippen LogP contribution in [0.4, 0.5) is 4.39 Å². The van der Waals surface area contributed by atoms with E-state index in [1.54, 1.807) is 23.5 Å². The number of benzene rings is 1. The number of hydrogen-bond acceptors (Lipinski definition) is 1. The topological polar surface area (TPSA) is 0 Å². The Balaban J connectivity index is 2.46. The fourth-order valence-corrected chi connectivity index (χ4v) is 3.90. The lowest BCUT2D eigenvalue weighted by atomic mass is 10.0. The lowest BCUT2D eigenvalue weighted by Gasteiger charge is -2.11. The van der Waals surface area contributed by atoms with Crippen LogP contribution in [-0.2, 0) is 0 Å². The molecule has 1 unspecified atom stereocenters. The molecule has 90 valence electrons. The average Bonchev–Trinajstić information content (AvgIpc) is 2.60. The molecule has 0 aliphatic carbocycles. The summed E-state index contributed by atoms with van der Waals surface area (Å²) >= 11 is 11.2. The van der Waals surface area contributed by atoms with Crippen molar-refractivity contribution in [1.29, 1.82) is 0 Å². The molecular weight excluding hydrogens is 323 g/mol. The number of thiophene rings is 1. The molecule has 1 atom stereocenters. The highest BCUT2D eigenvalue weighted by molar-refractivity contribution is 9.09. The minimum absolute atomic E-state index is 0.147. The van der Waals surface area contributed by atoms with Gasteiger partial charge in [0.15, 0.2) is 0 Å². The summed E-state index contributed by atoms with van der Waals surface area (Å²) in [7, 11) is 0. The molecule has 1 heterocycles. The maximum Gasteiger partial charge on any atom is 0.127 e. The Kier molecular flexibility index (Phi) is 3.91. The highest BCUT2D eigenvalue weighted by atomic mass is 79.9. The third-order valence-corrected chi connectivity index (χ3v) is 4.79. The normalized spacial score (nSPS) is 12.8. The number of alkyl halides is 1. The number of rotatable bonds is 2. The summed E-state index contributed by atoms with van der Waals surface area (Å²) in [6, 6.07) is 6.72. The van der Waals surface area contributed by atoms with E-state index in [0.717, 1.165) is 5.56 Å². The second-order valence-corrected chi connectivity index (χ2v) is 6.71. The molecule has 2 aromatic rings. The molecule has 0 bridgehead atoms. The van der Waals surface area contributed by atoms with Crippen molar-refractivity contribution < 1.29 is 4.39 Å². The first-order chi connectivity index (χ1) is 7.99. The molecule has 0 aliphatic heterocycles. The average molecular weight is 334 g/mol. The van der Waals surface area contributed by atoms with Gasteiger partial charge in [0.25, 0.3) is 0 Å². The predicted octanol–water partition coefficient (Wildman–Crippen LogP) is 5.64. The van der Waals surface area contributed by atoms with E-state index < -0.39 is 0 Å². The first-order valence-corrected chi connectivity index (χ1v) is 7.26. The smallest absolute Gasteiger partial charge is 0.127 e. The highest BCUT2D eigenvalue weighted by Gasteiger charge is 2.18. The van der Waals surface area contributed by atoms with Crippen molar-refractivity contribution in [2.24, 2.45) is 0 Å². The van der Waals surface area contributed by atoms with Gasteiger partial charge in [-0.05, 0) is 43.7 Å². The SMILES string of the molecule is Cc1cc(C(Br)c2cc(Cl)ccc2F)c(C)s1. The molecule has 1 aromatic heterocycles. The molecule has 0 amide bonds. The lowest BCUT2D eigenvalue weighted by Crippen LogP contribution is -1.96. The van der Waals surface area contributed by atoms with Crippen LogP contribution in [0.3, 0.4) is 0 Å². The van der Waals surface area contributed by atoms with Crippen LogP contribution >= 0.6 is 38.9 Å². The molecule has 4 heteroatoms. The van der Waals surface area contributed by atoms with Gasteiger partial charge in [-0.2, -0.15) is 0 Å². The third-order valence-electron chi connectivity index (χ3n) is 2.58. The molecule has 0 saturated carbocycles. The van der Waals surface area contributed by atoms with Gasteiger partial charge in [-0.3, -0.25) is 0 Å². The maximum atomic E-state index is 13.8. The largest absolute Gasteiger partial charge is 0.207 e. The Morgan fingerprint density at radius 1 is 1.24 bits per heavy atom. The van der Waals surface area contributed by atoms with Gasteiger partial charge in [-0.25, -0.2) is 4.39 Å². The molecule has 0 spiro atoms. The summed E-state index contributed by atoms with van der Waals surface area (Å²) in [6.45, 7) is 4.10. The molecule has 0 radical (unpaired) electrons. The van der Waals surface area contributed by atoms with E-state index >= 15 is 0 Å². The summed E-state index contributed by atoms with van der Waals surface area (Å²) in [6.07, 6.45) is 0. The number of aryl methyl sites for hydroxylation is 2. The molecule has 0 aliphatic rings. The van der Waals surface area contributed by atoms with Crippen LogP contribution in [0, 0.1) is 19.7 Å². The van der Waals surface area contributed by atoms with E-state index in [-0.39, 0.29) is 10.6 Å². The van der Waals surface area contributed by atoms with Crippen molar-refractivity contribution in [3.63, 3.8) is 0 Å². The zero-order valence-electron chi connectivity index (χ0n) is 9.43. The van der Waals surface area contributed by atoms with Gasteiger partial charge < -0.3 is 0 Å². The monoisotopic (exact) mass is 332 g/mol. The van der Waals surface area contributed by atoms with Gasteiger partial charge in [0.1, 0.15) is 5.82 Å². The second-order valence-electron chi connectivity index (χ2n) is 3.90. The van der Waals surface area contributed by atoms with E-state index in [1.165, 1.54) is 15.8 Å².